The Labute approximate surface area is 103 Å². The smallest absolute Gasteiger partial charge is 0.201 e. The van der Waals surface area contributed by atoms with E-state index in [9.17, 15) is 9.90 Å². The summed E-state index contributed by atoms with van der Waals surface area (Å²) in [4.78, 5) is 11.3. The van der Waals surface area contributed by atoms with Crippen LogP contribution in [0.2, 0.25) is 0 Å². The zero-order chi connectivity index (χ0) is 13.7. The van der Waals surface area contributed by atoms with Crippen molar-refractivity contribution in [3.8, 4) is 11.8 Å². The van der Waals surface area contributed by atoms with E-state index < -0.39 is 5.84 Å². The van der Waals surface area contributed by atoms with Gasteiger partial charge < -0.3 is 10.8 Å². The lowest BCUT2D eigenvalue weighted by Crippen LogP contribution is -2.22. The fourth-order valence-corrected chi connectivity index (χ4v) is 1.18. The number of amidine groups is 1. The molecule has 0 saturated heterocycles. The van der Waals surface area contributed by atoms with E-state index in [2.05, 4.69) is 10.5 Å². The van der Waals surface area contributed by atoms with E-state index in [0.717, 1.165) is 0 Å². The number of phenols is 1. The number of carbonyl (C=O) groups excluding carboxylic acids is 1. The Morgan fingerprint density at radius 3 is 2.78 bits per heavy atom. The first-order chi connectivity index (χ1) is 8.45. The third-order valence-electron chi connectivity index (χ3n) is 2.03. The van der Waals surface area contributed by atoms with E-state index in [1.165, 1.54) is 25.1 Å². The standard InChI is InChI=1S/C11H11N5O2/c1-6(17)8-4-7(18)2-3-9(8)15-16-10(5-12)11(13)14/h2-4,15,18H,1H3,(H3,13,14)/b16-10+. The van der Waals surface area contributed by atoms with Gasteiger partial charge in [0.15, 0.2) is 11.6 Å². The molecule has 0 aliphatic heterocycles. The van der Waals surface area contributed by atoms with E-state index in [-0.39, 0.29) is 22.8 Å². The number of carbonyl (C=O) groups is 1. The lowest BCUT2D eigenvalue weighted by molar-refractivity contribution is 0.101. The molecular formula is C11H11N5O2. The SMILES string of the molecule is CC(=O)c1cc(O)ccc1N/N=C(\C#N)C(=N)N. The number of nitrogens with zero attached hydrogens (tertiary/aromatic N) is 2. The highest BCUT2D eigenvalue weighted by Crippen LogP contribution is 2.21. The summed E-state index contributed by atoms with van der Waals surface area (Å²) < 4.78 is 0. The summed E-state index contributed by atoms with van der Waals surface area (Å²) in [5.74, 6) is -0.806. The van der Waals surface area contributed by atoms with Crippen molar-refractivity contribution in [3.05, 3.63) is 23.8 Å². The number of phenolic OH excluding ortho intramolecular Hbond substituents is 1. The maximum atomic E-state index is 11.3. The van der Waals surface area contributed by atoms with Gasteiger partial charge in [0.25, 0.3) is 0 Å². The first-order valence-electron chi connectivity index (χ1n) is 4.88. The molecule has 1 aromatic carbocycles. The number of hydrazone groups is 1. The van der Waals surface area contributed by atoms with Crippen LogP contribution in [-0.2, 0) is 0 Å². The summed E-state index contributed by atoms with van der Waals surface area (Å²) in [5, 5.41) is 28.6. The second-order valence-corrected chi connectivity index (χ2v) is 3.38. The van der Waals surface area contributed by atoms with Crippen molar-refractivity contribution >= 4 is 23.0 Å². The van der Waals surface area contributed by atoms with Crippen molar-refractivity contribution in [1.29, 1.82) is 10.7 Å². The third kappa shape index (κ3) is 3.05. The molecule has 0 aliphatic carbocycles. The van der Waals surface area contributed by atoms with Crippen molar-refractivity contribution in [2.45, 2.75) is 6.92 Å². The lowest BCUT2D eigenvalue weighted by Gasteiger charge is -2.06. The summed E-state index contributed by atoms with van der Waals surface area (Å²) in [6.07, 6.45) is 0. The number of rotatable bonds is 4. The second kappa shape index (κ2) is 5.45. The van der Waals surface area contributed by atoms with Crippen molar-refractivity contribution in [1.82, 2.24) is 0 Å². The maximum absolute atomic E-state index is 11.3. The highest BCUT2D eigenvalue weighted by molar-refractivity contribution is 6.45. The van der Waals surface area contributed by atoms with Crippen LogP contribution < -0.4 is 11.2 Å². The maximum Gasteiger partial charge on any atom is 0.201 e. The molecule has 0 bridgehead atoms. The number of ketones is 1. The van der Waals surface area contributed by atoms with Crippen molar-refractivity contribution in [2.75, 3.05) is 5.43 Å². The van der Waals surface area contributed by atoms with Gasteiger partial charge in [-0.05, 0) is 25.1 Å². The lowest BCUT2D eigenvalue weighted by atomic mass is 10.1. The van der Waals surface area contributed by atoms with Crippen molar-refractivity contribution in [2.24, 2.45) is 10.8 Å². The Morgan fingerprint density at radius 2 is 2.28 bits per heavy atom. The molecule has 18 heavy (non-hydrogen) atoms. The van der Waals surface area contributed by atoms with Crippen molar-refractivity contribution in [3.63, 3.8) is 0 Å². The molecule has 92 valence electrons. The van der Waals surface area contributed by atoms with E-state index in [1.54, 1.807) is 6.07 Å². The highest BCUT2D eigenvalue weighted by atomic mass is 16.3. The molecule has 1 aromatic rings. The third-order valence-corrected chi connectivity index (χ3v) is 2.03. The van der Waals surface area contributed by atoms with Crippen LogP contribution in [0.3, 0.4) is 0 Å². The number of nitriles is 1. The minimum absolute atomic E-state index is 0.0539. The predicted molar refractivity (Wildman–Crippen MR) is 66.7 cm³/mol. The Hall–Kier alpha value is -2.88. The molecule has 0 spiro atoms. The molecule has 0 saturated carbocycles. The summed E-state index contributed by atoms with van der Waals surface area (Å²) >= 11 is 0. The Morgan fingerprint density at radius 1 is 1.61 bits per heavy atom. The monoisotopic (exact) mass is 245 g/mol. The predicted octanol–water partition coefficient (Wildman–Crippen LogP) is 0.822. The Kier molecular flexibility index (Phi) is 3.99. The van der Waals surface area contributed by atoms with Gasteiger partial charge in [-0.2, -0.15) is 10.4 Å². The van der Waals surface area contributed by atoms with Gasteiger partial charge >= 0.3 is 0 Å². The molecule has 1 rings (SSSR count). The molecule has 7 heteroatoms. The number of anilines is 1. The van der Waals surface area contributed by atoms with Crippen LogP contribution in [0.1, 0.15) is 17.3 Å². The van der Waals surface area contributed by atoms with Crippen molar-refractivity contribution < 1.29 is 9.90 Å². The van der Waals surface area contributed by atoms with Gasteiger partial charge in [0, 0.05) is 5.56 Å². The van der Waals surface area contributed by atoms with Gasteiger partial charge in [-0.25, -0.2) is 0 Å². The summed E-state index contributed by atoms with van der Waals surface area (Å²) in [6, 6.07) is 5.71. The largest absolute Gasteiger partial charge is 0.508 e. The summed E-state index contributed by atoms with van der Waals surface area (Å²) in [5.41, 5.74) is 7.83. The van der Waals surface area contributed by atoms with E-state index in [0.29, 0.717) is 5.69 Å². The van der Waals surface area contributed by atoms with Gasteiger partial charge in [-0.15, -0.1) is 0 Å². The molecule has 5 N–H and O–H groups in total. The Bertz CT molecular complexity index is 571. The quantitative estimate of drug-likeness (QED) is 0.205. The molecule has 0 heterocycles. The van der Waals surface area contributed by atoms with E-state index >= 15 is 0 Å². The fraction of sp³-hybridized carbons (Fsp3) is 0.0909. The molecule has 0 aliphatic rings. The van der Waals surface area contributed by atoms with Gasteiger partial charge in [0.2, 0.25) is 5.71 Å². The minimum Gasteiger partial charge on any atom is -0.508 e. The average molecular weight is 245 g/mol. The first kappa shape index (κ1) is 13.2. The first-order valence-corrected chi connectivity index (χ1v) is 4.88. The Balaban J connectivity index is 3.09. The van der Waals surface area contributed by atoms with Crippen LogP contribution in [-0.4, -0.2) is 22.4 Å². The molecule has 7 nitrogen and oxygen atoms in total. The van der Waals surface area contributed by atoms with E-state index in [1.807, 2.05) is 0 Å². The highest BCUT2D eigenvalue weighted by Gasteiger charge is 2.08. The van der Waals surface area contributed by atoms with Gasteiger partial charge in [-0.1, -0.05) is 0 Å². The molecule has 0 aromatic heterocycles. The van der Waals surface area contributed by atoms with Gasteiger partial charge in [0.1, 0.15) is 11.8 Å². The number of nitrogens with one attached hydrogen (secondary N) is 2. The number of hydrogen-bond acceptors (Lipinski definition) is 6. The van der Waals surface area contributed by atoms with Crippen LogP contribution in [0, 0.1) is 16.7 Å². The zero-order valence-corrected chi connectivity index (χ0v) is 9.56. The minimum atomic E-state index is -0.479. The zero-order valence-electron chi connectivity index (χ0n) is 9.56. The van der Waals surface area contributed by atoms with Crippen LogP contribution in [0.15, 0.2) is 23.3 Å². The molecule has 0 fully saturated rings. The van der Waals surface area contributed by atoms with Gasteiger partial charge in [-0.3, -0.25) is 15.6 Å². The number of hydrogen-bond donors (Lipinski definition) is 4. The molecule has 0 amide bonds. The summed E-state index contributed by atoms with van der Waals surface area (Å²) in [7, 11) is 0. The molecular weight excluding hydrogens is 234 g/mol. The topological polar surface area (TPSA) is 135 Å². The average Bonchev–Trinajstić information content (AvgIpc) is 2.30. The molecule has 0 unspecified atom stereocenters. The summed E-state index contributed by atoms with van der Waals surface area (Å²) in [6.45, 7) is 1.33. The fourth-order valence-electron chi connectivity index (χ4n) is 1.18. The van der Waals surface area contributed by atoms with Crippen LogP contribution >= 0.6 is 0 Å². The van der Waals surface area contributed by atoms with E-state index in [4.69, 9.17) is 16.4 Å². The molecule has 0 atom stereocenters. The molecule has 0 radical (unpaired) electrons. The van der Waals surface area contributed by atoms with Crippen LogP contribution in [0.4, 0.5) is 5.69 Å². The number of Topliss-reactive ketones (excluding diaryl/α,β-unsaturated/α-hetero) is 1. The van der Waals surface area contributed by atoms with Crippen LogP contribution in [0.25, 0.3) is 0 Å². The van der Waals surface area contributed by atoms with Gasteiger partial charge in [0.05, 0.1) is 5.69 Å². The number of aromatic hydroxyl groups is 1. The normalized spacial score (nSPS) is 10.6. The second-order valence-electron chi connectivity index (χ2n) is 3.38. The number of benzene rings is 1. The number of nitrogens with two attached hydrogens (primary N) is 1. The van der Waals surface area contributed by atoms with Crippen LogP contribution in [0.5, 0.6) is 5.75 Å².